The van der Waals surface area contributed by atoms with Crippen LogP contribution in [0.1, 0.15) is 37.7 Å². The third-order valence-electron chi connectivity index (χ3n) is 5.10. The molecule has 4 heteroatoms. The largest absolute Gasteiger partial charge is 0.466 e. The topological polar surface area (TPSA) is 29.5 Å². The summed E-state index contributed by atoms with van der Waals surface area (Å²) in [6, 6.07) is 8.82. The summed E-state index contributed by atoms with van der Waals surface area (Å²) in [6.07, 6.45) is 3.27. The summed E-state index contributed by atoms with van der Waals surface area (Å²) in [4.78, 5) is 14.9. The Hall–Kier alpha value is -1.06. The fourth-order valence-electron chi connectivity index (χ4n) is 4.11. The van der Waals surface area contributed by atoms with Gasteiger partial charge in [0.25, 0.3) is 0 Å². The minimum absolute atomic E-state index is 0.0559. The zero-order valence-electron chi connectivity index (χ0n) is 12.6. The molecular formula is C17H22ClNO2. The molecule has 2 aliphatic heterocycles. The van der Waals surface area contributed by atoms with E-state index in [1.807, 2.05) is 25.1 Å². The van der Waals surface area contributed by atoms with E-state index in [0.29, 0.717) is 18.7 Å². The molecular weight excluding hydrogens is 286 g/mol. The molecule has 0 spiro atoms. The first-order valence-electron chi connectivity index (χ1n) is 7.76. The average molecular weight is 308 g/mol. The fraction of sp³-hybridized carbons (Fsp3) is 0.588. The number of rotatable bonds is 3. The average Bonchev–Trinajstić information content (AvgIpc) is 2.71. The van der Waals surface area contributed by atoms with Crippen LogP contribution in [0.25, 0.3) is 0 Å². The van der Waals surface area contributed by atoms with Crippen molar-refractivity contribution in [3.8, 4) is 0 Å². The van der Waals surface area contributed by atoms with E-state index >= 15 is 0 Å². The van der Waals surface area contributed by atoms with Crippen molar-refractivity contribution >= 4 is 17.6 Å². The van der Waals surface area contributed by atoms with Gasteiger partial charge in [0, 0.05) is 23.0 Å². The van der Waals surface area contributed by atoms with Gasteiger partial charge in [-0.1, -0.05) is 23.7 Å². The molecule has 0 amide bonds. The van der Waals surface area contributed by atoms with Crippen molar-refractivity contribution in [2.75, 3.05) is 13.7 Å². The third-order valence-corrected chi connectivity index (χ3v) is 5.34. The first-order valence-corrected chi connectivity index (χ1v) is 8.13. The Kier molecular flexibility index (Phi) is 4.23. The summed E-state index contributed by atoms with van der Waals surface area (Å²) in [6.45, 7) is 2.31. The minimum atomic E-state index is -0.0767. The Labute approximate surface area is 131 Å². The Morgan fingerprint density at radius 3 is 2.95 bits per heavy atom. The van der Waals surface area contributed by atoms with Gasteiger partial charge < -0.3 is 4.74 Å². The molecule has 3 nitrogen and oxygen atoms in total. The van der Waals surface area contributed by atoms with E-state index in [1.165, 1.54) is 12.0 Å². The van der Waals surface area contributed by atoms with Crippen LogP contribution in [0.5, 0.6) is 0 Å². The van der Waals surface area contributed by atoms with Crippen molar-refractivity contribution in [1.82, 2.24) is 4.90 Å². The van der Waals surface area contributed by atoms with Crippen LogP contribution in [0.3, 0.4) is 0 Å². The lowest BCUT2D eigenvalue weighted by Gasteiger charge is -2.41. The summed E-state index contributed by atoms with van der Waals surface area (Å²) in [5.41, 5.74) is 1.17. The molecule has 2 bridgehead atoms. The first kappa shape index (κ1) is 14.9. The molecule has 3 rings (SSSR count). The summed E-state index contributed by atoms with van der Waals surface area (Å²) in [5, 5.41) is 0.737. The molecule has 4 atom stereocenters. The number of carbonyl (C=O) groups excluding carboxylic acids is 1. The lowest BCUT2D eigenvalue weighted by atomic mass is 9.76. The predicted molar refractivity (Wildman–Crippen MR) is 83.5 cm³/mol. The number of ether oxygens (including phenoxy) is 1. The molecule has 0 radical (unpaired) electrons. The molecule has 21 heavy (non-hydrogen) atoms. The molecule has 2 fully saturated rings. The second-order valence-electron chi connectivity index (χ2n) is 6.14. The Balaban J connectivity index is 1.95. The maximum Gasteiger partial charge on any atom is 0.311 e. The summed E-state index contributed by atoms with van der Waals surface area (Å²) in [5.74, 6) is 0.0864. The van der Waals surface area contributed by atoms with E-state index in [1.54, 1.807) is 0 Å². The molecule has 0 N–H and O–H groups in total. The molecule has 0 saturated carbocycles. The van der Waals surface area contributed by atoms with Crippen molar-refractivity contribution in [3.63, 3.8) is 0 Å². The van der Waals surface area contributed by atoms with Gasteiger partial charge in [0.05, 0.1) is 12.5 Å². The molecule has 1 aromatic rings. The van der Waals surface area contributed by atoms with Crippen LogP contribution in [0.2, 0.25) is 5.02 Å². The van der Waals surface area contributed by atoms with Crippen LogP contribution in [0, 0.1) is 5.92 Å². The van der Waals surface area contributed by atoms with Gasteiger partial charge in [-0.3, -0.25) is 9.69 Å². The van der Waals surface area contributed by atoms with E-state index in [2.05, 4.69) is 18.0 Å². The highest BCUT2D eigenvalue weighted by Crippen LogP contribution is 2.46. The molecule has 2 aliphatic rings. The zero-order chi connectivity index (χ0) is 15.0. The van der Waals surface area contributed by atoms with Crippen LogP contribution < -0.4 is 0 Å². The maximum atomic E-state index is 12.5. The van der Waals surface area contributed by atoms with Crippen molar-refractivity contribution in [1.29, 1.82) is 0 Å². The Morgan fingerprint density at radius 1 is 1.43 bits per heavy atom. The number of halogens is 1. The lowest BCUT2D eigenvalue weighted by molar-refractivity contribution is -0.152. The highest BCUT2D eigenvalue weighted by Gasteiger charge is 2.49. The molecule has 0 aromatic heterocycles. The van der Waals surface area contributed by atoms with E-state index < -0.39 is 0 Å². The number of esters is 1. The van der Waals surface area contributed by atoms with Crippen molar-refractivity contribution < 1.29 is 9.53 Å². The number of hydrogen-bond acceptors (Lipinski definition) is 3. The number of nitrogens with zero attached hydrogens (tertiary/aromatic N) is 1. The molecule has 0 aliphatic carbocycles. The molecule has 114 valence electrons. The second kappa shape index (κ2) is 5.98. The van der Waals surface area contributed by atoms with Crippen LogP contribution in [0.15, 0.2) is 24.3 Å². The number of fused-ring (bicyclic) bond motifs is 2. The normalized spacial score (nSPS) is 32.1. The van der Waals surface area contributed by atoms with Crippen LogP contribution in [-0.2, 0) is 9.53 Å². The van der Waals surface area contributed by atoms with Gasteiger partial charge >= 0.3 is 5.97 Å². The number of benzene rings is 1. The van der Waals surface area contributed by atoms with Gasteiger partial charge in [-0.2, -0.15) is 0 Å². The fourth-order valence-corrected chi connectivity index (χ4v) is 4.31. The van der Waals surface area contributed by atoms with E-state index in [4.69, 9.17) is 16.3 Å². The first-order chi connectivity index (χ1) is 10.1. The van der Waals surface area contributed by atoms with Gasteiger partial charge in [0.15, 0.2) is 0 Å². The Bertz CT molecular complexity index is 533. The summed E-state index contributed by atoms with van der Waals surface area (Å²) in [7, 11) is 2.14. The maximum absolute atomic E-state index is 12.5. The van der Waals surface area contributed by atoms with Gasteiger partial charge in [-0.05, 0) is 50.9 Å². The van der Waals surface area contributed by atoms with Crippen LogP contribution in [0.4, 0.5) is 0 Å². The number of carbonyl (C=O) groups is 1. The number of piperidine rings is 1. The van der Waals surface area contributed by atoms with Crippen LogP contribution >= 0.6 is 11.6 Å². The van der Waals surface area contributed by atoms with Gasteiger partial charge in [-0.15, -0.1) is 0 Å². The highest BCUT2D eigenvalue weighted by atomic mass is 35.5. The summed E-state index contributed by atoms with van der Waals surface area (Å²) >= 11 is 6.14. The van der Waals surface area contributed by atoms with E-state index in [-0.39, 0.29) is 17.8 Å². The van der Waals surface area contributed by atoms with E-state index in [9.17, 15) is 4.79 Å². The van der Waals surface area contributed by atoms with Gasteiger partial charge in [0.2, 0.25) is 0 Å². The smallest absolute Gasteiger partial charge is 0.311 e. The van der Waals surface area contributed by atoms with Crippen molar-refractivity contribution in [3.05, 3.63) is 34.9 Å². The van der Waals surface area contributed by atoms with E-state index in [0.717, 1.165) is 17.9 Å². The molecule has 2 heterocycles. The monoisotopic (exact) mass is 307 g/mol. The quantitative estimate of drug-likeness (QED) is 0.801. The predicted octanol–water partition coefficient (Wildman–Crippen LogP) is 3.47. The highest BCUT2D eigenvalue weighted by molar-refractivity contribution is 6.30. The van der Waals surface area contributed by atoms with Crippen LogP contribution in [-0.4, -0.2) is 36.6 Å². The summed E-state index contributed by atoms with van der Waals surface area (Å²) < 4.78 is 5.36. The molecule has 2 saturated heterocycles. The van der Waals surface area contributed by atoms with Crippen molar-refractivity contribution in [2.24, 2.45) is 5.92 Å². The lowest BCUT2D eigenvalue weighted by Crippen LogP contribution is -2.49. The van der Waals surface area contributed by atoms with Gasteiger partial charge in [0.1, 0.15) is 0 Å². The zero-order valence-corrected chi connectivity index (χ0v) is 13.3. The van der Waals surface area contributed by atoms with Gasteiger partial charge in [-0.25, -0.2) is 0 Å². The van der Waals surface area contributed by atoms with Crippen molar-refractivity contribution in [2.45, 2.75) is 44.2 Å². The Morgan fingerprint density at radius 2 is 2.24 bits per heavy atom. The SMILES string of the molecule is CCOC(=O)[C@@H]1C2CCC(C[C@H]1c1cccc(Cl)c1)N2C. The molecule has 2 unspecified atom stereocenters. The second-order valence-corrected chi connectivity index (χ2v) is 6.58. The minimum Gasteiger partial charge on any atom is -0.466 e. The number of hydrogen-bond donors (Lipinski definition) is 0. The standard InChI is InChI=1S/C17H22ClNO2/c1-3-21-17(20)16-14(11-5-4-6-12(18)9-11)10-13-7-8-15(16)19(13)2/h4-6,9,13-16H,3,7-8,10H2,1-2H3/t13?,14-,15?,16-/m0/s1. The third kappa shape index (κ3) is 2.69. The molecule has 1 aromatic carbocycles.